The summed E-state index contributed by atoms with van der Waals surface area (Å²) in [5, 5.41) is 2.58. The Hall–Kier alpha value is -2.62. The predicted molar refractivity (Wildman–Crippen MR) is 80.8 cm³/mol. The zero-order valence-corrected chi connectivity index (χ0v) is 11.8. The Morgan fingerprint density at radius 1 is 1.00 bits per heavy atom. The highest BCUT2D eigenvalue weighted by atomic mass is 16.5. The third-order valence-electron chi connectivity index (χ3n) is 2.96. The summed E-state index contributed by atoms with van der Waals surface area (Å²) in [6.45, 7) is 1.90. The third-order valence-corrected chi connectivity index (χ3v) is 2.96. The first kappa shape index (κ1) is 14.8. The molecule has 4 nitrogen and oxygen atoms in total. The van der Waals surface area contributed by atoms with Gasteiger partial charge in [0.05, 0.1) is 6.61 Å². The molecule has 0 fully saturated rings. The van der Waals surface area contributed by atoms with Crippen LogP contribution < -0.4 is 5.32 Å². The van der Waals surface area contributed by atoms with Crippen LogP contribution in [-0.4, -0.2) is 25.0 Å². The van der Waals surface area contributed by atoms with Crippen LogP contribution in [0.1, 0.15) is 17.3 Å². The van der Waals surface area contributed by atoms with Gasteiger partial charge in [-0.1, -0.05) is 48.5 Å². The molecule has 21 heavy (non-hydrogen) atoms. The first-order chi connectivity index (χ1) is 10.2. The molecule has 1 amide bonds. The Bertz CT molecular complexity index is 623. The van der Waals surface area contributed by atoms with E-state index in [4.69, 9.17) is 4.74 Å². The van der Waals surface area contributed by atoms with Gasteiger partial charge in [0.15, 0.2) is 0 Å². The SMILES string of the molecule is CCOC(=O)CNC(=O)c1ccccc1-c1ccccc1. The van der Waals surface area contributed by atoms with Crippen molar-refractivity contribution in [1.29, 1.82) is 0 Å². The van der Waals surface area contributed by atoms with Crippen LogP contribution in [0.25, 0.3) is 11.1 Å². The summed E-state index contributed by atoms with van der Waals surface area (Å²) in [6, 6.07) is 16.9. The zero-order valence-electron chi connectivity index (χ0n) is 11.8. The van der Waals surface area contributed by atoms with Crippen LogP contribution in [-0.2, 0) is 9.53 Å². The highest BCUT2D eigenvalue weighted by molar-refractivity contribution is 6.01. The molecule has 0 bridgehead atoms. The first-order valence-electron chi connectivity index (χ1n) is 6.80. The van der Waals surface area contributed by atoms with Crippen LogP contribution in [0.5, 0.6) is 0 Å². The molecule has 0 aromatic heterocycles. The number of amides is 1. The van der Waals surface area contributed by atoms with Gasteiger partial charge in [-0.3, -0.25) is 9.59 Å². The number of nitrogens with one attached hydrogen (secondary N) is 1. The van der Waals surface area contributed by atoms with Gasteiger partial charge >= 0.3 is 5.97 Å². The number of benzene rings is 2. The molecule has 0 aliphatic rings. The fraction of sp³-hybridized carbons (Fsp3) is 0.176. The lowest BCUT2D eigenvalue weighted by Gasteiger charge is -2.10. The van der Waals surface area contributed by atoms with Gasteiger partial charge in [0.2, 0.25) is 0 Å². The Balaban J connectivity index is 2.17. The van der Waals surface area contributed by atoms with Crippen LogP contribution in [0.3, 0.4) is 0 Å². The van der Waals surface area contributed by atoms with Gasteiger partial charge in [-0.2, -0.15) is 0 Å². The van der Waals surface area contributed by atoms with Crippen LogP contribution in [0.15, 0.2) is 54.6 Å². The van der Waals surface area contributed by atoms with Gasteiger partial charge in [0, 0.05) is 5.56 Å². The van der Waals surface area contributed by atoms with Crippen molar-refractivity contribution >= 4 is 11.9 Å². The largest absolute Gasteiger partial charge is 0.465 e. The van der Waals surface area contributed by atoms with Gasteiger partial charge in [-0.05, 0) is 24.1 Å². The minimum Gasteiger partial charge on any atom is -0.465 e. The maximum atomic E-state index is 12.2. The average Bonchev–Trinajstić information content (AvgIpc) is 2.54. The van der Waals surface area contributed by atoms with Crippen LogP contribution >= 0.6 is 0 Å². The molecule has 2 aromatic carbocycles. The molecule has 2 rings (SSSR count). The van der Waals surface area contributed by atoms with E-state index in [2.05, 4.69) is 5.32 Å². The van der Waals surface area contributed by atoms with E-state index < -0.39 is 5.97 Å². The quantitative estimate of drug-likeness (QED) is 0.858. The van der Waals surface area contributed by atoms with Crippen LogP contribution in [0, 0.1) is 0 Å². The standard InChI is InChI=1S/C17H17NO3/c1-2-21-16(19)12-18-17(20)15-11-7-6-10-14(15)13-8-4-3-5-9-13/h3-11H,2,12H2,1H3,(H,18,20). The Labute approximate surface area is 123 Å². The van der Waals surface area contributed by atoms with E-state index in [1.807, 2.05) is 42.5 Å². The highest BCUT2D eigenvalue weighted by Gasteiger charge is 2.13. The fourth-order valence-electron chi connectivity index (χ4n) is 2.01. The smallest absolute Gasteiger partial charge is 0.325 e. The summed E-state index contributed by atoms with van der Waals surface area (Å²) in [6.07, 6.45) is 0. The van der Waals surface area contributed by atoms with Crippen LogP contribution in [0.2, 0.25) is 0 Å². The predicted octanol–water partition coefficient (Wildman–Crippen LogP) is 2.65. The first-order valence-corrected chi connectivity index (χ1v) is 6.80. The maximum Gasteiger partial charge on any atom is 0.325 e. The maximum absolute atomic E-state index is 12.2. The molecule has 0 atom stereocenters. The van der Waals surface area contributed by atoms with Crippen molar-refractivity contribution in [2.24, 2.45) is 0 Å². The highest BCUT2D eigenvalue weighted by Crippen LogP contribution is 2.23. The summed E-state index contributed by atoms with van der Waals surface area (Å²) in [7, 11) is 0. The van der Waals surface area contributed by atoms with Crippen molar-refractivity contribution in [3.8, 4) is 11.1 Å². The van der Waals surface area contributed by atoms with E-state index >= 15 is 0 Å². The Morgan fingerprint density at radius 3 is 2.38 bits per heavy atom. The van der Waals surface area contributed by atoms with Gasteiger partial charge in [-0.25, -0.2) is 0 Å². The number of hydrogen-bond acceptors (Lipinski definition) is 3. The van der Waals surface area contributed by atoms with Crippen LogP contribution in [0.4, 0.5) is 0 Å². The topological polar surface area (TPSA) is 55.4 Å². The minimum atomic E-state index is -0.442. The van der Waals surface area contributed by atoms with Gasteiger partial charge in [0.25, 0.3) is 5.91 Å². The molecule has 1 N–H and O–H groups in total. The molecular formula is C17H17NO3. The van der Waals surface area contributed by atoms with E-state index in [1.165, 1.54) is 0 Å². The molecular weight excluding hydrogens is 266 g/mol. The Morgan fingerprint density at radius 2 is 1.67 bits per heavy atom. The lowest BCUT2D eigenvalue weighted by molar-refractivity contribution is -0.141. The Kier molecular flexibility index (Phi) is 5.10. The number of hydrogen-bond donors (Lipinski definition) is 1. The van der Waals surface area contributed by atoms with Crippen molar-refractivity contribution in [2.45, 2.75) is 6.92 Å². The van der Waals surface area contributed by atoms with Crippen molar-refractivity contribution < 1.29 is 14.3 Å². The lowest BCUT2D eigenvalue weighted by Crippen LogP contribution is -2.30. The molecule has 0 saturated heterocycles. The van der Waals surface area contributed by atoms with E-state index in [9.17, 15) is 9.59 Å². The van der Waals surface area contributed by atoms with Crippen molar-refractivity contribution in [2.75, 3.05) is 13.2 Å². The number of ether oxygens (including phenoxy) is 1. The number of carbonyl (C=O) groups is 2. The molecule has 0 aliphatic heterocycles. The molecule has 0 unspecified atom stereocenters. The molecule has 0 radical (unpaired) electrons. The monoisotopic (exact) mass is 283 g/mol. The molecule has 4 heteroatoms. The molecule has 0 spiro atoms. The molecule has 0 saturated carbocycles. The normalized spacial score (nSPS) is 9.95. The van der Waals surface area contributed by atoms with E-state index in [0.29, 0.717) is 12.2 Å². The summed E-state index contributed by atoms with van der Waals surface area (Å²) >= 11 is 0. The van der Waals surface area contributed by atoms with Gasteiger partial charge < -0.3 is 10.1 Å². The summed E-state index contributed by atoms with van der Waals surface area (Å²) < 4.78 is 4.79. The average molecular weight is 283 g/mol. The number of rotatable bonds is 5. The molecule has 2 aromatic rings. The molecule has 0 heterocycles. The second-order valence-corrected chi connectivity index (χ2v) is 4.40. The zero-order chi connectivity index (χ0) is 15.1. The summed E-state index contributed by atoms with van der Waals surface area (Å²) in [5.41, 5.74) is 2.33. The molecule has 0 aliphatic carbocycles. The van der Waals surface area contributed by atoms with Crippen molar-refractivity contribution in [3.05, 3.63) is 60.2 Å². The van der Waals surface area contributed by atoms with Crippen molar-refractivity contribution in [1.82, 2.24) is 5.32 Å². The second-order valence-electron chi connectivity index (χ2n) is 4.40. The fourth-order valence-corrected chi connectivity index (χ4v) is 2.01. The van der Waals surface area contributed by atoms with Gasteiger partial charge in [-0.15, -0.1) is 0 Å². The second kappa shape index (κ2) is 7.24. The molecule has 108 valence electrons. The number of esters is 1. The van der Waals surface area contributed by atoms with E-state index in [0.717, 1.165) is 11.1 Å². The minimum absolute atomic E-state index is 0.129. The van der Waals surface area contributed by atoms with E-state index in [1.54, 1.807) is 19.1 Å². The summed E-state index contributed by atoms with van der Waals surface area (Å²) in [4.78, 5) is 23.5. The third kappa shape index (κ3) is 3.92. The summed E-state index contributed by atoms with van der Waals surface area (Å²) in [5.74, 6) is -0.731. The lowest BCUT2D eigenvalue weighted by atomic mass is 9.99. The van der Waals surface area contributed by atoms with E-state index in [-0.39, 0.29) is 12.5 Å². The van der Waals surface area contributed by atoms with Crippen molar-refractivity contribution in [3.63, 3.8) is 0 Å². The number of carbonyl (C=O) groups excluding carboxylic acids is 2. The van der Waals surface area contributed by atoms with Gasteiger partial charge in [0.1, 0.15) is 6.54 Å².